The minimum atomic E-state index is 1.33. The van der Waals surface area contributed by atoms with Crippen molar-refractivity contribution in [3.05, 3.63) is 57.7 Å². The van der Waals surface area contributed by atoms with Crippen LogP contribution in [0.1, 0.15) is 5.56 Å². The topological polar surface area (TPSA) is 0 Å². The van der Waals surface area contributed by atoms with Gasteiger partial charge in [0.1, 0.15) is 0 Å². The zero-order chi connectivity index (χ0) is 11.1. The third-order valence-corrected chi connectivity index (χ3v) is 4.00. The highest BCUT2D eigenvalue weighted by Crippen LogP contribution is 2.30. The van der Waals surface area contributed by atoms with Crippen LogP contribution in [0.5, 0.6) is 0 Å². The van der Waals surface area contributed by atoms with Gasteiger partial charge < -0.3 is 0 Å². The standard InChI is InChI=1S/C15H11I/c1-10-13-7-3-2-5-11(13)9-12-6-4-8-14(16)15(10)12/h2-9H,1H3. The Balaban J connectivity index is 2.62. The van der Waals surface area contributed by atoms with Crippen molar-refractivity contribution in [3.63, 3.8) is 0 Å². The molecule has 0 aliphatic carbocycles. The van der Waals surface area contributed by atoms with Gasteiger partial charge in [0.05, 0.1) is 0 Å². The molecule has 3 aromatic carbocycles. The van der Waals surface area contributed by atoms with Crippen LogP contribution in [0.3, 0.4) is 0 Å². The third-order valence-electron chi connectivity index (χ3n) is 3.10. The molecule has 16 heavy (non-hydrogen) atoms. The van der Waals surface area contributed by atoms with E-state index in [0.29, 0.717) is 0 Å². The predicted molar refractivity (Wildman–Crippen MR) is 78.9 cm³/mol. The van der Waals surface area contributed by atoms with Crippen molar-refractivity contribution in [3.8, 4) is 0 Å². The zero-order valence-electron chi connectivity index (χ0n) is 9.00. The van der Waals surface area contributed by atoms with Gasteiger partial charge in [-0.3, -0.25) is 0 Å². The predicted octanol–water partition coefficient (Wildman–Crippen LogP) is 4.91. The van der Waals surface area contributed by atoms with E-state index in [1.54, 1.807) is 0 Å². The van der Waals surface area contributed by atoms with Gasteiger partial charge >= 0.3 is 0 Å². The summed E-state index contributed by atoms with van der Waals surface area (Å²) in [5, 5.41) is 5.42. The molecular formula is C15H11I. The normalized spacial score (nSPS) is 11.1. The Morgan fingerprint density at radius 3 is 2.50 bits per heavy atom. The zero-order valence-corrected chi connectivity index (χ0v) is 11.2. The van der Waals surface area contributed by atoms with E-state index in [4.69, 9.17) is 0 Å². The van der Waals surface area contributed by atoms with E-state index in [-0.39, 0.29) is 0 Å². The molecule has 0 spiro atoms. The fourth-order valence-corrected chi connectivity index (χ4v) is 3.25. The van der Waals surface area contributed by atoms with Gasteiger partial charge in [0.15, 0.2) is 0 Å². The molecule has 0 unspecified atom stereocenters. The minimum absolute atomic E-state index is 1.33. The van der Waals surface area contributed by atoms with Crippen LogP contribution in [-0.4, -0.2) is 0 Å². The lowest BCUT2D eigenvalue weighted by Gasteiger charge is -2.08. The number of hydrogen-bond acceptors (Lipinski definition) is 0. The van der Waals surface area contributed by atoms with E-state index in [1.807, 2.05) is 0 Å². The van der Waals surface area contributed by atoms with E-state index < -0.39 is 0 Å². The lowest BCUT2D eigenvalue weighted by Crippen LogP contribution is -1.85. The van der Waals surface area contributed by atoms with E-state index in [9.17, 15) is 0 Å². The van der Waals surface area contributed by atoms with Crippen LogP contribution in [-0.2, 0) is 0 Å². The highest BCUT2D eigenvalue weighted by Gasteiger charge is 2.05. The van der Waals surface area contributed by atoms with Crippen LogP contribution in [0, 0.1) is 10.5 Å². The molecular weight excluding hydrogens is 307 g/mol. The van der Waals surface area contributed by atoms with Crippen LogP contribution in [0.2, 0.25) is 0 Å². The van der Waals surface area contributed by atoms with Gasteiger partial charge in [-0.1, -0.05) is 36.4 Å². The Labute approximate surface area is 108 Å². The largest absolute Gasteiger partial charge is 0.0616 e. The molecule has 0 atom stereocenters. The third kappa shape index (κ3) is 1.42. The van der Waals surface area contributed by atoms with E-state index in [0.717, 1.165) is 0 Å². The maximum Gasteiger partial charge on any atom is 0.0211 e. The first kappa shape index (κ1) is 10.1. The summed E-state index contributed by atoms with van der Waals surface area (Å²) in [5.41, 5.74) is 1.39. The van der Waals surface area contributed by atoms with Crippen molar-refractivity contribution in [2.24, 2.45) is 0 Å². The average Bonchev–Trinajstić information content (AvgIpc) is 2.29. The van der Waals surface area contributed by atoms with E-state index in [1.165, 1.54) is 30.7 Å². The second kappa shape index (κ2) is 3.74. The van der Waals surface area contributed by atoms with Crippen LogP contribution in [0.4, 0.5) is 0 Å². The summed E-state index contributed by atoms with van der Waals surface area (Å²) in [6.45, 7) is 2.22. The van der Waals surface area contributed by atoms with Crippen LogP contribution in [0.15, 0.2) is 48.5 Å². The van der Waals surface area contributed by atoms with Crippen LogP contribution < -0.4 is 0 Å². The van der Waals surface area contributed by atoms with Gasteiger partial charge in [-0.25, -0.2) is 0 Å². The molecule has 0 fully saturated rings. The Hall–Kier alpha value is -1.09. The molecule has 0 nitrogen and oxygen atoms in total. The highest BCUT2D eigenvalue weighted by molar-refractivity contribution is 14.1. The molecule has 0 aliphatic heterocycles. The quantitative estimate of drug-likeness (QED) is 0.408. The molecule has 3 aromatic rings. The van der Waals surface area contributed by atoms with Gasteiger partial charge in [0.25, 0.3) is 0 Å². The summed E-state index contributed by atoms with van der Waals surface area (Å²) in [4.78, 5) is 0. The maximum atomic E-state index is 2.42. The van der Waals surface area contributed by atoms with Gasteiger partial charge in [-0.05, 0) is 68.8 Å². The van der Waals surface area contributed by atoms with E-state index in [2.05, 4.69) is 78.0 Å². The second-order valence-corrected chi connectivity index (χ2v) is 5.22. The molecule has 0 N–H and O–H groups in total. The van der Waals surface area contributed by atoms with Crippen molar-refractivity contribution < 1.29 is 0 Å². The van der Waals surface area contributed by atoms with Crippen molar-refractivity contribution in [2.75, 3.05) is 0 Å². The van der Waals surface area contributed by atoms with Crippen LogP contribution in [0.25, 0.3) is 21.5 Å². The van der Waals surface area contributed by atoms with Gasteiger partial charge in [0.2, 0.25) is 0 Å². The Morgan fingerprint density at radius 2 is 1.62 bits per heavy atom. The van der Waals surface area contributed by atoms with E-state index >= 15 is 0 Å². The molecule has 0 aromatic heterocycles. The minimum Gasteiger partial charge on any atom is -0.0616 e. The smallest absolute Gasteiger partial charge is 0.0211 e. The van der Waals surface area contributed by atoms with Gasteiger partial charge in [-0.15, -0.1) is 0 Å². The summed E-state index contributed by atoms with van der Waals surface area (Å²) < 4.78 is 1.33. The lowest BCUT2D eigenvalue weighted by atomic mass is 9.98. The molecule has 78 valence electrons. The molecule has 3 rings (SSSR count). The van der Waals surface area contributed by atoms with Crippen molar-refractivity contribution in [2.45, 2.75) is 6.92 Å². The molecule has 0 aliphatic rings. The average molecular weight is 318 g/mol. The molecule has 0 heterocycles. The molecule has 0 saturated carbocycles. The number of fused-ring (bicyclic) bond motifs is 2. The second-order valence-electron chi connectivity index (χ2n) is 4.06. The first-order valence-electron chi connectivity index (χ1n) is 5.34. The number of benzene rings is 3. The summed E-state index contributed by atoms with van der Waals surface area (Å²) in [6, 6.07) is 17.4. The van der Waals surface area contributed by atoms with Gasteiger partial charge in [-0.2, -0.15) is 0 Å². The highest BCUT2D eigenvalue weighted by atomic mass is 127. The van der Waals surface area contributed by atoms with Crippen molar-refractivity contribution >= 4 is 44.1 Å². The lowest BCUT2D eigenvalue weighted by molar-refractivity contribution is 1.57. The Bertz CT molecular complexity index is 683. The maximum absolute atomic E-state index is 2.42. The first-order chi connectivity index (χ1) is 7.77. The number of aryl methyl sites for hydroxylation is 1. The molecule has 1 heteroatoms. The Kier molecular flexibility index (Phi) is 2.36. The fraction of sp³-hybridized carbons (Fsp3) is 0.0667. The fourth-order valence-electron chi connectivity index (χ4n) is 2.32. The summed E-state index contributed by atoms with van der Waals surface area (Å²) >= 11 is 2.42. The number of halogens is 1. The summed E-state index contributed by atoms with van der Waals surface area (Å²) in [5.74, 6) is 0. The molecule has 0 amide bonds. The molecule has 0 saturated heterocycles. The van der Waals surface area contributed by atoms with Crippen molar-refractivity contribution in [1.29, 1.82) is 0 Å². The molecule has 0 radical (unpaired) electrons. The van der Waals surface area contributed by atoms with Crippen LogP contribution >= 0.6 is 22.6 Å². The SMILES string of the molecule is Cc1c2ccccc2cc2cccc(I)c12. The summed E-state index contributed by atoms with van der Waals surface area (Å²) in [7, 11) is 0. The number of hydrogen-bond donors (Lipinski definition) is 0. The van der Waals surface area contributed by atoms with Crippen molar-refractivity contribution in [1.82, 2.24) is 0 Å². The Morgan fingerprint density at radius 1 is 0.875 bits per heavy atom. The number of rotatable bonds is 0. The monoisotopic (exact) mass is 318 g/mol. The molecule has 0 bridgehead atoms. The van der Waals surface area contributed by atoms with Gasteiger partial charge in [0, 0.05) is 3.57 Å². The summed E-state index contributed by atoms with van der Waals surface area (Å²) in [6.07, 6.45) is 0. The first-order valence-corrected chi connectivity index (χ1v) is 6.42.